The summed E-state index contributed by atoms with van der Waals surface area (Å²) in [5, 5.41) is 15.4. The van der Waals surface area contributed by atoms with E-state index in [1.165, 1.54) is 0 Å². The molecule has 0 amide bonds. The first kappa shape index (κ1) is 12.9. The van der Waals surface area contributed by atoms with Gasteiger partial charge in [0.25, 0.3) is 0 Å². The third-order valence-electron chi connectivity index (χ3n) is 4.56. The van der Waals surface area contributed by atoms with Gasteiger partial charge in [-0.1, -0.05) is 31.2 Å². The Morgan fingerprint density at radius 3 is 2.81 bits per heavy atom. The number of aromatic hydroxyl groups is 1. The lowest BCUT2D eigenvalue weighted by molar-refractivity contribution is -0.0405. The number of ether oxygens (including phenoxy) is 2. The average molecular weight is 285 g/mol. The third-order valence-corrected chi connectivity index (χ3v) is 4.56. The quantitative estimate of drug-likeness (QED) is 0.845. The van der Waals surface area contributed by atoms with E-state index in [2.05, 4.69) is 12.2 Å². The van der Waals surface area contributed by atoms with Gasteiger partial charge in [0.15, 0.2) is 0 Å². The highest BCUT2D eigenvalue weighted by molar-refractivity contribution is 5.95. The molecular weight excluding hydrogens is 266 g/mol. The summed E-state index contributed by atoms with van der Waals surface area (Å²) in [5.41, 5.74) is 1.07. The van der Waals surface area contributed by atoms with E-state index in [1.54, 1.807) is 0 Å². The van der Waals surface area contributed by atoms with Crippen LogP contribution in [0, 0.1) is 0 Å². The number of fused-ring (bicyclic) bond motifs is 3. The van der Waals surface area contributed by atoms with Gasteiger partial charge in [-0.25, -0.2) is 0 Å². The van der Waals surface area contributed by atoms with Crippen LogP contribution in [-0.2, 0) is 4.74 Å². The van der Waals surface area contributed by atoms with Crippen LogP contribution < -0.4 is 10.1 Å². The van der Waals surface area contributed by atoms with Crippen LogP contribution in [0.15, 0.2) is 30.3 Å². The monoisotopic (exact) mass is 285 g/mol. The predicted octanol–water partition coefficient (Wildman–Crippen LogP) is 2.40. The van der Waals surface area contributed by atoms with E-state index in [9.17, 15) is 5.11 Å². The van der Waals surface area contributed by atoms with Gasteiger partial charge in [0, 0.05) is 35.3 Å². The van der Waals surface area contributed by atoms with Gasteiger partial charge in [-0.2, -0.15) is 0 Å². The molecule has 1 fully saturated rings. The van der Waals surface area contributed by atoms with Crippen LogP contribution in [0.2, 0.25) is 0 Å². The molecule has 110 valence electrons. The zero-order valence-electron chi connectivity index (χ0n) is 12.0. The van der Waals surface area contributed by atoms with Crippen molar-refractivity contribution >= 4 is 10.8 Å². The molecule has 0 saturated carbocycles. The number of hydrogen-bond donors (Lipinski definition) is 2. The standard InChI is InChI=1S/C17H19NO3/c1-10-13-8-14(19)11-4-2-3-5-12(11)17(13)21-16(10)15-9-18-6-7-20-15/h2-5,8,10,15-16,18-19H,6-7,9H2,1H3. The number of phenols is 1. The number of nitrogens with one attached hydrogen (secondary N) is 1. The van der Waals surface area contributed by atoms with Crippen molar-refractivity contribution in [3.63, 3.8) is 0 Å². The molecule has 0 spiro atoms. The Labute approximate surface area is 123 Å². The first-order valence-corrected chi connectivity index (χ1v) is 7.49. The van der Waals surface area contributed by atoms with Crippen molar-refractivity contribution in [2.45, 2.75) is 25.0 Å². The second-order valence-electron chi connectivity index (χ2n) is 5.84. The molecular formula is C17H19NO3. The minimum absolute atomic E-state index is 0.00185. The molecule has 0 aromatic heterocycles. The van der Waals surface area contributed by atoms with E-state index in [-0.39, 0.29) is 18.1 Å². The molecule has 1 saturated heterocycles. The van der Waals surface area contributed by atoms with Gasteiger partial charge in [0.05, 0.1) is 6.61 Å². The number of benzene rings is 2. The van der Waals surface area contributed by atoms with Crippen LogP contribution in [0.4, 0.5) is 0 Å². The molecule has 4 rings (SSSR count). The zero-order valence-corrected chi connectivity index (χ0v) is 12.0. The highest BCUT2D eigenvalue weighted by atomic mass is 16.5. The minimum atomic E-state index is -0.00185. The largest absolute Gasteiger partial charge is 0.507 e. The molecule has 2 aliphatic heterocycles. The van der Waals surface area contributed by atoms with Crippen LogP contribution in [0.3, 0.4) is 0 Å². The van der Waals surface area contributed by atoms with Crippen LogP contribution >= 0.6 is 0 Å². The second kappa shape index (κ2) is 4.90. The van der Waals surface area contributed by atoms with E-state index < -0.39 is 0 Å². The van der Waals surface area contributed by atoms with Crippen molar-refractivity contribution in [2.75, 3.05) is 19.7 Å². The first-order chi connectivity index (χ1) is 10.3. The maximum atomic E-state index is 10.3. The summed E-state index contributed by atoms with van der Waals surface area (Å²) in [5.74, 6) is 1.43. The average Bonchev–Trinajstić information content (AvgIpc) is 2.86. The topological polar surface area (TPSA) is 50.7 Å². The Bertz CT molecular complexity index is 679. The summed E-state index contributed by atoms with van der Waals surface area (Å²) >= 11 is 0. The zero-order chi connectivity index (χ0) is 14.4. The number of phenolic OH excluding ortho intramolecular Hbond substituents is 1. The summed E-state index contributed by atoms with van der Waals surface area (Å²) < 4.78 is 12.1. The van der Waals surface area contributed by atoms with Crippen LogP contribution in [0.25, 0.3) is 10.8 Å². The predicted molar refractivity (Wildman–Crippen MR) is 81.1 cm³/mol. The van der Waals surface area contributed by atoms with Crippen molar-refractivity contribution in [3.05, 3.63) is 35.9 Å². The summed E-state index contributed by atoms with van der Waals surface area (Å²) in [6.45, 7) is 4.57. The van der Waals surface area contributed by atoms with Crippen molar-refractivity contribution in [3.8, 4) is 11.5 Å². The molecule has 2 N–H and O–H groups in total. The lowest BCUT2D eigenvalue weighted by Gasteiger charge is -2.30. The second-order valence-corrected chi connectivity index (χ2v) is 5.84. The molecule has 21 heavy (non-hydrogen) atoms. The first-order valence-electron chi connectivity index (χ1n) is 7.49. The van der Waals surface area contributed by atoms with Gasteiger partial charge < -0.3 is 19.9 Å². The molecule has 2 aromatic rings. The van der Waals surface area contributed by atoms with E-state index >= 15 is 0 Å². The Morgan fingerprint density at radius 2 is 2.05 bits per heavy atom. The summed E-state index contributed by atoms with van der Waals surface area (Å²) in [6, 6.07) is 9.67. The Morgan fingerprint density at radius 1 is 1.24 bits per heavy atom. The summed E-state index contributed by atoms with van der Waals surface area (Å²) in [7, 11) is 0. The lowest BCUT2D eigenvalue weighted by atomic mass is 9.92. The molecule has 4 heteroatoms. The highest BCUT2D eigenvalue weighted by Crippen LogP contribution is 2.47. The highest BCUT2D eigenvalue weighted by Gasteiger charge is 2.39. The van der Waals surface area contributed by atoms with Crippen LogP contribution in [0.1, 0.15) is 18.4 Å². The SMILES string of the molecule is CC1c2cc(O)c3ccccc3c2OC1C1CNCCO1. The van der Waals surface area contributed by atoms with Gasteiger partial charge in [0.2, 0.25) is 0 Å². The van der Waals surface area contributed by atoms with Crippen LogP contribution in [0.5, 0.6) is 11.5 Å². The Hall–Kier alpha value is -1.78. The van der Waals surface area contributed by atoms with Crippen molar-refractivity contribution < 1.29 is 14.6 Å². The molecule has 2 aromatic carbocycles. The van der Waals surface area contributed by atoms with E-state index in [0.717, 1.165) is 41.8 Å². The van der Waals surface area contributed by atoms with Gasteiger partial charge in [-0.3, -0.25) is 0 Å². The summed E-state index contributed by atoms with van der Waals surface area (Å²) in [4.78, 5) is 0. The minimum Gasteiger partial charge on any atom is -0.507 e. The molecule has 3 atom stereocenters. The molecule has 2 heterocycles. The fourth-order valence-corrected chi connectivity index (χ4v) is 3.43. The fraction of sp³-hybridized carbons (Fsp3) is 0.412. The van der Waals surface area contributed by atoms with Gasteiger partial charge in [-0.05, 0) is 6.07 Å². The normalized spacial score (nSPS) is 28.3. The molecule has 0 radical (unpaired) electrons. The molecule has 4 nitrogen and oxygen atoms in total. The summed E-state index contributed by atoms with van der Waals surface area (Å²) in [6.07, 6.45) is 0.0556. The van der Waals surface area contributed by atoms with Gasteiger partial charge in [-0.15, -0.1) is 0 Å². The van der Waals surface area contributed by atoms with E-state index in [4.69, 9.17) is 9.47 Å². The smallest absolute Gasteiger partial charge is 0.133 e. The van der Waals surface area contributed by atoms with Crippen LogP contribution in [-0.4, -0.2) is 37.0 Å². The van der Waals surface area contributed by atoms with Gasteiger partial charge in [0.1, 0.15) is 23.7 Å². The van der Waals surface area contributed by atoms with Crippen molar-refractivity contribution in [1.29, 1.82) is 0 Å². The lowest BCUT2D eigenvalue weighted by Crippen LogP contribution is -2.47. The Kier molecular flexibility index (Phi) is 3.01. The van der Waals surface area contributed by atoms with E-state index in [1.807, 2.05) is 30.3 Å². The van der Waals surface area contributed by atoms with E-state index in [0.29, 0.717) is 5.75 Å². The van der Waals surface area contributed by atoms with Crippen molar-refractivity contribution in [2.24, 2.45) is 0 Å². The maximum Gasteiger partial charge on any atom is 0.133 e. The molecule has 0 bridgehead atoms. The van der Waals surface area contributed by atoms with Crippen molar-refractivity contribution in [1.82, 2.24) is 5.32 Å². The third kappa shape index (κ3) is 1.98. The maximum absolute atomic E-state index is 10.3. The molecule has 2 aliphatic rings. The number of hydrogen-bond acceptors (Lipinski definition) is 4. The Balaban J connectivity index is 1.78. The van der Waals surface area contributed by atoms with Gasteiger partial charge >= 0.3 is 0 Å². The number of rotatable bonds is 1. The molecule has 3 unspecified atom stereocenters. The molecule has 0 aliphatic carbocycles. The fourth-order valence-electron chi connectivity index (χ4n) is 3.43. The number of morpholine rings is 1.